The maximum atomic E-state index is 13.0. The van der Waals surface area contributed by atoms with Gasteiger partial charge in [-0.1, -0.05) is 31.2 Å². The molecule has 1 heterocycles. The summed E-state index contributed by atoms with van der Waals surface area (Å²) in [5.41, 5.74) is 1.63. The predicted molar refractivity (Wildman–Crippen MR) is 87.4 cm³/mol. The number of hydrogen-bond donors (Lipinski definition) is 1. The Hall–Kier alpha value is -2.34. The Labute approximate surface area is 135 Å². The first-order valence-corrected chi connectivity index (χ1v) is 8.80. The van der Waals surface area contributed by atoms with Crippen LogP contribution in [0.5, 0.6) is 0 Å². The standard InChI is InChI=1S/C17H17NO4S/c1-12-9-10-18(16-8-3-2-7-15(12)16)23(21,22)14-6-4-5-13(11-14)17(19)20/h2-8,11-12H,9-10H2,1H3,(H,19,20)/t12-/m0/s1. The monoisotopic (exact) mass is 331 g/mol. The highest BCUT2D eigenvalue weighted by Gasteiger charge is 2.31. The highest BCUT2D eigenvalue weighted by molar-refractivity contribution is 7.92. The second-order valence-corrected chi connectivity index (χ2v) is 7.52. The van der Waals surface area contributed by atoms with Gasteiger partial charge in [0.2, 0.25) is 0 Å². The lowest BCUT2D eigenvalue weighted by molar-refractivity contribution is 0.0696. The molecule has 1 aliphatic heterocycles. The highest BCUT2D eigenvalue weighted by Crippen LogP contribution is 2.37. The van der Waals surface area contributed by atoms with Gasteiger partial charge in [-0.05, 0) is 42.2 Å². The van der Waals surface area contributed by atoms with E-state index in [2.05, 4.69) is 6.92 Å². The molecule has 3 rings (SSSR count). The topological polar surface area (TPSA) is 74.7 Å². The molecule has 0 radical (unpaired) electrons. The van der Waals surface area contributed by atoms with Crippen LogP contribution in [0.4, 0.5) is 5.69 Å². The summed E-state index contributed by atoms with van der Waals surface area (Å²) in [6, 6.07) is 12.9. The zero-order valence-electron chi connectivity index (χ0n) is 12.6. The number of benzene rings is 2. The Kier molecular flexibility index (Phi) is 3.85. The van der Waals surface area contributed by atoms with Crippen molar-refractivity contribution in [2.45, 2.75) is 24.2 Å². The van der Waals surface area contributed by atoms with E-state index < -0.39 is 16.0 Å². The Morgan fingerprint density at radius 2 is 1.91 bits per heavy atom. The summed E-state index contributed by atoms with van der Waals surface area (Å²) >= 11 is 0. The first kappa shape index (κ1) is 15.6. The predicted octanol–water partition coefficient (Wildman–Crippen LogP) is 3.09. The van der Waals surface area contributed by atoms with Gasteiger partial charge in [-0.3, -0.25) is 4.31 Å². The van der Waals surface area contributed by atoms with Gasteiger partial charge >= 0.3 is 5.97 Å². The fraction of sp³-hybridized carbons (Fsp3) is 0.235. The molecule has 2 aromatic rings. The molecule has 5 nitrogen and oxygen atoms in total. The number of carbonyl (C=O) groups is 1. The number of fused-ring (bicyclic) bond motifs is 1. The molecule has 2 aromatic carbocycles. The van der Waals surface area contributed by atoms with Crippen molar-refractivity contribution in [1.29, 1.82) is 0 Å². The summed E-state index contributed by atoms with van der Waals surface area (Å²) in [5, 5.41) is 9.07. The van der Waals surface area contributed by atoms with Gasteiger partial charge in [0.1, 0.15) is 0 Å². The quantitative estimate of drug-likeness (QED) is 0.938. The van der Waals surface area contributed by atoms with Gasteiger partial charge in [0.15, 0.2) is 0 Å². The smallest absolute Gasteiger partial charge is 0.335 e. The highest BCUT2D eigenvalue weighted by atomic mass is 32.2. The van der Waals surface area contributed by atoms with Gasteiger partial charge in [-0.2, -0.15) is 0 Å². The van der Waals surface area contributed by atoms with Crippen LogP contribution >= 0.6 is 0 Å². The summed E-state index contributed by atoms with van der Waals surface area (Å²) in [4.78, 5) is 11.1. The van der Waals surface area contributed by atoms with Crippen molar-refractivity contribution in [3.63, 3.8) is 0 Å². The maximum Gasteiger partial charge on any atom is 0.335 e. The number of carboxylic acid groups (broad SMARTS) is 1. The molecular weight excluding hydrogens is 314 g/mol. The molecule has 1 atom stereocenters. The Morgan fingerprint density at radius 1 is 1.17 bits per heavy atom. The van der Waals surface area contributed by atoms with E-state index in [1.165, 1.54) is 28.6 Å². The molecule has 0 saturated heterocycles. The average Bonchev–Trinajstić information content (AvgIpc) is 2.55. The largest absolute Gasteiger partial charge is 0.478 e. The second kappa shape index (κ2) is 5.70. The SMILES string of the molecule is C[C@H]1CCN(S(=O)(=O)c2cccc(C(=O)O)c2)c2ccccc21. The molecule has 0 aromatic heterocycles. The van der Waals surface area contributed by atoms with Crippen LogP contribution in [0.15, 0.2) is 53.4 Å². The van der Waals surface area contributed by atoms with Gasteiger partial charge in [0, 0.05) is 6.54 Å². The van der Waals surface area contributed by atoms with E-state index in [0.29, 0.717) is 18.2 Å². The third kappa shape index (κ3) is 2.70. The molecule has 0 spiro atoms. The van der Waals surface area contributed by atoms with E-state index >= 15 is 0 Å². The lowest BCUT2D eigenvalue weighted by atomic mass is 9.93. The number of anilines is 1. The number of nitrogens with zero attached hydrogens (tertiary/aromatic N) is 1. The zero-order chi connectivity index (χ0) is 16.6. The van der Waals surface area contributed by atoms with E-state index in [1.54, 1.807) is 6.07 Å². The molecule has 0 unspecified atom stereocenters. The zero-order valence-corrected chi connectivity index (χ0v) is 13.5. The van der Waals surface area contributed by atoms with Crippen molar-refractivity contribution in [2.75, 3.05) is 10.8 Å². The first-order chi connectivity index (χ1) is 10.9. The van der Waals surface area contributed by atoms with E-state index in [4.69, 9.17) is 5.11 Å². The summed E-state index contributed by atoms with van der Waals surface area (Å²) in [6.07, 6.45) is 0.731. The summed E-state index contributed by atoms with van der Waals surface area (Å²) in [7, 11) is -3.78. The number of hydrogen-bond acceptors (Lipinski definition) is 3. The molecule has 0 fully saturated rings. The van der Waals surface area contributed by atoms with Gasteiger partial charge in [-0.25, -0.2) is 13.2 Å². The Balaban J connectivity index is 2.09. The number of rotatable bonds is 3. The Bertz CT molecular complexity index is 860. The van der Waals surface area contributed by atoms with E-state index in [0.717, 1.165) is 12.0 Å². The van der Waals surface area contributed by atoms with Crippen LogP contribution in [-0.2, 0) is 10.0 Å². The van der Waals surface area contributed by atoms with Crippen LogP contribution in [0.2, 0.25) is 0 Å². The maximum absolute atomic E-state index is 13.0. The Morgan fingerprint density at radius 3 is 2.65 bits per heavy atom. The van der Waals surface area contributed by atoms with E-state index in [9.17, 15) is 13.2 Å². The fourth-order valence-corrected chi connectivity index (χ4v) is 4.44. The number of carboxylic acids is 1. The summed E-state index contributed by atoms with van der Waals surface area (Å²) < 4.78 is 27.3. The summed E-state index contributed by atoms with van der Waals surface area (Å²) in [6.45, 7) is 2.46. The lowest BCUT2D eigenvalue weighted by Crippen LogP contribution is -2.36. The number of sulfonamides is 1. The summed E-state index contributed by atoms with van der Waals surface area (Å²) in [5.74, 6) is -0.849. The number of aromatic carboxylic acids is 1. The third-order valence-corrected chi connectivity index (χ3v) is 5.98. The molecule has 0 aliphatic carbocycles. The van der Waals surface area contributed by atoms with Gasteiger partial charge < -0.3 is 5.11 Å². The van der Waals surface area contributed by atoms with Crippen molar-refractivity contribution in [3.05, 3.63) is 59.7 Å². The molecular formula is C17H17NO4S. The normalized spacial score (nSPS) is 17.6. The lowest BCUT2D eigenvalue weighted by Gasteiger charge is -2.33. The van der Waals surface area contributed by atoms with Gasteiger partial charge in [0.25, 0.3) is 10.0 Å². The van der Waals surface area contributed by atoms with Crippen molar-refractivity contribution in [3.8, 4) is 0 Å². The van der Waals surface area contributed by atoms with Crippen molar-refractivity contribution < 1.29 is 18.3 Å². The average molecular weight is 331 g/mol. The molecule has 1 aliphatic rings. The van der Waals surface area contributed by atoms with Crippen molar-refractivity contribution >= 4 is 21.7 Å². The van der Waals surface area contributed by atoms with Crippen LogP contribution < -0.4 is 4.31 Å². The van der Waals surface area contributed by atoms with Crippen LogP contribution in [0, 0.1) is 0 Å². The fourth-order valence-electron chi connectivity index (χ4n) is 2.88. The third-order valence-electron chi connectivity index (χ3n) is 4.17. The van der Waals surface area contributed by atoms with Crippen LogP contribution in [0.25, 0.3) is 0 Å². The van der Waals surface area contributed by atoms with Gasteiger partial charge in [-0.15, -0.1) is 0 Å². The van der Waals surface area contributed by atoms with Crippen LogP contribution in [-0.4, -0.2) is 26.0 Å². The molecule has 0 bridgehead atoms. The van der Waals surface area contributed by atoms with Crippen molar-refractivity contribution in [1.82, 2.24) is 0 Å². The molecule has 1 N–H and O–H groups in total. The minimum Gasteiger partial charge on any atom is -0.478 e. The van der Waals surface area contributed by atoms with Crippen LogP contribution in [0.3, 0.4) is 0 Å². The van der Waals surface area contributed by atoms with Gasteiger partial charge in [0.05, 0.1) is 16.1 Å². The molecule has 23 heavy (non-hydrogen) atoms. The molecule has 0 amide bonds. The second-order valence-electron chi connectivity index (χ2n) is 5.66. The number of para-hydroxylation sites is 1. The first-order valence-electron chi connectivity index (χ1n) is 7.36. The van der Waals surface area contributed by atoms with Crippen molar-refractivity contribution in [2.24, 2.45) is 0 Å². The minimum atomic E-state index is -3.78. The van der Waals surface area contributed by atoms with E-state index in [1.807, 2.05) is 18.2 Å². The van der Waals surface area contributed by atoms with E-state index in [-0.39, 0.29) is 10.5 Å². The van der Waals surface area contributed by atoms with Crippen LogP contribution in [0.1, 0.15) is 35.2 Å². The molecule has 6 heteroatoms. The molecule has 120 valence electrons. The molecule has 0 saturated carbocycles. The minimum absolute atomic E-state index is 0.00163.